The Morgan fingerprint density at radius 2 is 2.19 bits per heavy atom. The SMILES string of the molecule is Cc1ccc(S[C@@H]2C#CCC[C@H]2O)c(C)c1. The summed E-state index contributed by atoms with van der Waals surface area (Å²) in [5.41, 5.74) is 2.54. The van der Waals surface area contributed by atoms with Crippen LogP contribution in [0.15, 0.2) is 23.1 Å². The predicted octanol–water partition coefficient (Wildman–Crippen LogP) is 2.92. The molecule has 0 heterocycles. The summed E-state index contributed by atoms with van der Waals surface area (Å²) >= 11 is 1.68. The Balaban J connectivity index is 2.16. The third-order valence-electron chi connectivity index (χ3n) is 2.74. The van der Waals surface area contributed by atoms with Crippen molar-refractivity contribution in [2.45, 2.75) is 42.9 Å². The Morgan fingerprint density at radius 3 is 2.88 bits per heavy atom. The first-order valence-corrected chi connectivity index (χ1v) is 6.45. The summed E-state index contributed by atoms with van der Waals surface area (Å²) in [5.74, 6) is 6.21. The van der Waals surface area contributed by atoms with Gasteiger partial charge in [0.1, 0.15) is 0 Å². The van der Waals surface area contributed by atoms with Crippen molar-refractivity contribution in [1.82, 2.24) is 0 Å². The summed E-state index contributed by atoms with van der Waals surface area (Å²) < 4.78 is 0. The molecule has 1 aliphatic carbocycles. The predicted molar refractivity (Wildman–Crippen MR) is 68.6 cm³/mol. The lowest BCUT2D eigenvalue weighted by Gasteiger charge is -2.20. The summed E-state index contributed by atoms with van der Waals surface area (Å²) in [4.78, 5) is 1.23. The smallest absolute Gasteiger partial charge is 0.0962 e. The van der Waals surface area contributed by atoms with Crippen molar-refractivity contribution in [1.29, 1.82) is 0 Å². The molecule has 1 N–H and O–H groups in total. The van der Waals surface area contributed by atoms with Crippen LogP contribution >= 0.6 is 11.8 Å². The van der Waals surface area contributed by atoms with Gasteiger partial charge in [0, 0.05) is 11.3 Å². The molecule has 1 nitrogen and oxygen atoms in total. The maximum absolute atomic E-state index is 9.85. The molecule has 16 heavy (non-hydrogen) atoms. The van der Waals surface area contributed by atoms with E-state index in [1.165, 1.54) is 16.0 Å². The summed E-state index contributed by atoms with van der Waals surface area (Å²) in [6, 6.07) is 6.40. The first kappa shape index (κ1) is 11.6. The molecule has 1 aromatic rings. The average molecular weight is 232 g/mol. The fourth-order valence-corrected chi connectivity index (χ4v) is 2.92. The Kier molecular flexibility index (Phi) is 3.58. The Bertz CT molecular complexity index is 442. The van der Waals surface area contributed by atoms with Gasteiger partial charge < -0.3 is 5.11 Å². The molecule has 2 heteroatoms. The first-order chi connectivity index (χ1) is 7.66. The maximum Gasteiger partial charge on any atom is 0.0962 e. The fraction of sp³-hybridized carbons (Fsp3) is 0.429. The molecule has 0 spiro atoms. The van der Waals surface area contributed by atoms with Crippen LogP contribution < -0.4 is 0 Å². The van der Waals surface area contributed by atoms with E-state index in [0.717, 1.165) is 12.8 Å². The van der Waals surface area contributed by atoms with E-state index in [9.17, 15) is 5.11 Å². The molecule has 0 saturated carbocycles. The molecule has 0 aliphatic heterocycles. The molecule has 0 amide bonds. The summed E-state index contributed by atoms with van der Waals surface area (Å²) in [6.45, 7) is 4.20. The molecule has 2 rings (SSSR count). The van der Waals surface area contributed by atoms with Crippen LogP contribution in [0.25, 0.3) is 0 Å². The van der Waals surface area contributed by atoms with Crippen molar-refractivity contribution in [3.63, 3.8) is 0 Å². The van der Waals surface area contributed by atoms with E-state index in [0.29, 0.717) is 0 Å². The lowest BCUT2D eigenvalue weighted by Crippen LogP contribution is -2.23. The van der Waals surface area contributed by atoms with E-state index in [4.69, 9.17) is 0 Å². The highest BCUT2D eigenvalue weighted by Crippen LogP contribution is 2.30. The van der Waals surface area contributed by atoms with Crippen LogP contribution in [-0.2, 0) is 0 Å². The van der Waals surface area contributed by atoms with Crippen molar-refractivity contribution < 1.29 is 5.11 Å². The van der Waals surface area contributed by atoms with E-state index >= 15 is 0 Å². The van der Waals surface area contributed by atoms with Crippen LogP contribution in [-0.4, -0.2) is 16.5 Å². The van der Waals surface area contributed by atoms with Gasteiger partial charge in [-0.05, 0) is 31.9 Å². The maximum atomic E-state index is 9.85. The lowest BCUT2D eigenvalue weighted by molar-refractivity contribution is 0.174. The van der Waals surface area contributed by atoms with E-state index in [2.05, 4.69) is 43.9 Å². The summed E-state index contributed by atoms with van der Waals surface area (Å²) in [7, 11) is 0. The van der Waals surface area contributed by atoms with Gasteiger partial charge in [0.15, 0.2) is 0 Å². The largest absolute Gasteiger partial charge is 0.391 e. The lowest BCUT2D eigenvalue weighted by atomic mass is 10.1. The van der Waals surface area contributed by atoms with E-state index in [1.807, 2.05) is 0 Å². The second-order valence-corrected chi connectivity index (χ2v) is 5.42. The first-order valence-electron chi connectivity index (χ1n) is 5.57. The highest BCUT2D eigenvalue weighted by Gasteiger charge is 2.20. The zero-order valence-electron chi connectivity index (χ0n) is 9.66. The molecule has 0 radical (unpaired) electrons. The molecule has 1 aromatic carbocycles. The minimum Gasteiger partial charge on any atom is -0.391 e. The van der Waals surface area contributed by atoms with E-state index in [1.54, 1.807) is 11.8 Å². The third-order valence-corrected chi connectivity index (χ3v) is 4.14. The zero-order chi connectivity index (χ0) is 11.5. The number of hydrogen-bond donors (Lipinski definition) is 1. The van der Waals surface area contributed by atoms with Gasteiger partial charge >= 0.3 is 0 Å². The Morgan fingerprint density at radius 1 is 1.38 bits per heavy atom. The van der Waals surface area contributed by atoms with Crippen LogP contribution in [0.5, 0.6) is 0 Å². The fourth-order valence-electron chi connectivity index (χ4n) is 1.82. The quantitative estimate of drug-likeness (QED) is 0.791. The molecule has 1 aliphatic rings. The summed E-state index contributed by atoms with van der Waals surface area (Å²) in [6.07, 6.45) is 1.34. The average Bonchev–Trinajstić information content (AvgIpc) is 2.25. The Hall–Kier alpha value is -0.910. The van der Waals surface area contributed by atoms with Crippen LogP contribution in [0.2, 0.25) is 0 Å². The molecular formula is C14H16OS. The van der Waals surface area contributed by atoms with Crippen LogP contribution in [0.4, 0.5) is 0 Å². The number of aryl methyl sites for hydroxylation is 2. The molecule has 0 bridgehead atoms. The zero-order valence-corrected chi connectivity index (χ0v) is 10.5. The molecule has 0 saturated heterocycles. The third kappa shape index (κ3) is 2.61. The number of thioether (sulfide) groups is 1. The van der Waals surface area contributed by atoms with Crippen molar-refractivity contribution in [2.24, 2.45) is 0 Å². The van der Waals surface area contributed by atoms with Gasteiger partial charge in [0.05, 0.1) is 11.4 Å². The molecule has 0 unspecified atom stereocenters. The minimum atomic E-state index is -0.285. The Labute approximate surface area is 101 Å². The van der Waals surface area contributed by atoms with Gasteiger partial charge in [0.2, 0.25) is 0 Å². The van der Waals surface area contributed by atoms with Gasteiger partial charge in [-0.25, -0.2) is 0 Å². The molecule has 84 valence electrons. The van der Waals surface area contributed by atoms with Gasteiger partial charge in [0.25, 0.3) is 0 Å². The second kappa shape index (κ2) is 4.95. The number of benzene rings is 1. The van der Waals surface area contributed by atoms with Crippen LogP contribution in [0.3, 0.4) is 0 Å². The summed E-state index contributed by atoms with van der Waals surface area (Å²) in [5, 5.41) is 9.89. The number of hydrogen-bond acceptors (Lipinski definition) is 2. The van der Waals surface area contributed by atoms with E-state index < -0.39 is 0 Å². The number of aliphatic hydroxyl groups excluding tert-OH is 1. The van der Waals surface area contributed by atoms with Crippen molar-refractivity contribution in [2.75, 3.05) is 0 Å². The highest BCUT2D eigenvalue weighted by molar-refractivity contribution is 8.00. The van der Waals surface area contributed by atoms with Crippen molar-refractivity contribution >= 4 is 11.8 Å². The monoisotopic (exact) mass is 232 g/mol. The van der Waals surface area contributed by atoms with Gasteiger partial charge in [-0.2, -0.15) is 0 Å². The molecular weight excluding hydrogens is 216 g/mol. The molecule has 2 atom stereocenters. The normalized spacial score (nSPS) is 23.7. The van der Waals surface area contributed by atoms with E-state index in [-0.39, 0.29) is 11.4 Å². The van der Waals surface area contributed by atoms with Gasteiger partial charge in [-0.15, -0.1) is 17.7 Å². The molecule has 0 fully saturated rings. The number of aliphatic hydroxyl groups is 1. The van der Waals surface area contributed by atoms with Gasteiger partial charge in [-0.3, -0.25) is 0 Å². The minimum absolute atomic E-state index is 0.0372. The second-order valence-electron chi connectivity index (χ2n) is 4.23. The van der Waals surface area contributed by atoms with Crippen molar-refractivity contribution in [3.8, 4) is 11.8 Å². The highest BCUT2D eigenvalue weighted by atomic mass is 32.2. The van der Waals surface area contributed by atoms with Gasteiger partial charge in [-0.1, -0.05) is 23.6 Å². The topological polar surface area (TPSA) is 20.2 Å². The van der Waals surface area contributed by atoms with Crippen LogP contribution in [0.1, 0.15) is 24.0 Å². The standard InChI is InChI=1S/C14H16OS/c1-10-7-8-13(11(2)9-10)16-14-6-4-3-5-12(14)15/h7-9,12,14-15H,3,5H2,1-2H3/t12-,14-/m1/s1. The van der Waals surface area contributed by atoms with Crippen LogP contribution in [0, 0.1) is 25.7 Å². The number of rotatable bonds is 2. The van der Waals surface area contributed by atoms with Crippen molar-refractivity contribution in [3.05, 3.63) is 29.3 Å². The molecule has 0 aromatic heterocycles.